The quantitative estimate of drug-likeness (QED) is 0.646. The number of nitriles is 1. The molecule has 1 N–H and O–H groups in total. The maximum absolute atomic E-state index is 8.63. The number of dihydropyridines is 1. The molecule has 0 aliphatic carbocycles. The van der Waals surface area contributed by atoms with Gasteiger partial charge in [-0.1, -0.05) is 0 Å². The van der Waals surface area contributed by atoms with E-state index in [0.29, 0.717) is 5.71 Å². The lowest BCUT2D eigenvalue weighted by molar-refractivity contribution is 0.141. The molecule has 4 heteroatoms. The molecule has 2 unspecified atom stereocenters. The van der Waals surface area contributed by atoms with Gasteiger partial charge in [-0.15, -0.1) is 0 Å². The lowest BCUT2D eigenvalue weighted by atomic mass is 10.1. The van der Waals surface area contributed by atoms with Crippen LogP contribution in [0.1, 0.15) is 0 Å². The Hall–Kier alpha value is -1.47. The molecule has 12 heavy (non-hydrogen) atoms. The third-order valence-electron chi connectivity index (χ3n) is 1.60. The van der Waals surface area contributed by atoms with Gasteiger partial charge in [0, 0.05) is 13.3 Å². The lowest BCUT2D eigenvalue weighted by Gasteiger charge is -2.17. The van der Waals surface area contributed by atoms with E-state index in [9.17, 15) is 0 Å². The van der Waals surface area contributed by atoms with Crippen molar-refractivity contribution in [2.24, 2.45) is 4.99 Å². The van der Waals surface area contributed by atoms with Crippen molar-refractivity contribution >= 4 is 11.9 Å². The molecular formula is C8H9N3O. The Balaban J connectivity index is 2.76. The van der Waals surface area contributed by atoms with E-state index >= 15 is 0 Å². The van der Waals surface area contributed by atoms with Gasteiger partial charge in [0.25, 0.3) is 0 Å². The molecule has 0 aromatic carbocycles. The topological polar surface area (TPSA) is 69.2 Å². The monoisotopic (exact) mass is 163 g/mol. The molecule has 1 rings (SSSR count). The Kier molecular flexibility index (Phi) is 2.72. The maximum Gasteiger partial charge on any atom is 0.171 e. The molecular weight excluding hydrogens is 154 g/mol. The molecule has 0 saturated carbocycles. The SMILES string of the molecule is COC(C#N)C1N=CC=CC1=N. The smallest absolute Gasteiger partial charge is 0.171 e. The first-order valence-corrected chi connectivity index (χ1v) is 3.50. The minimum atomic E-state index is -0.654. The second kappa shape index (κ2) is 3.79. The van der Waals surface area contributed by atoms with Gasteiger partial charge < -0.3 is 10.1 Å². The van der Waals surface area contributed by atoms with Crippen molar-refractivity contribution in [1.29, 1.82) is 10.7 Å². The fourth-order valence-corrected chi connectivity index (χ4v) is 0.961. The van der Waals surface area contributed by atoms with Crippen LogP contribution in [0.3, 0.4) is 0 Å². The summed E-state index contributed by atoms with van der Waals surface area (Å²) >= 11 is 0. The van der Waals surface area contributed by atoms with Gasteiger partial charge in [-0.05, 0) is 12.2 Å². The van der Waals surface area contributed by atoms with Crippen LogP contribution in [0, 0.1) is 16.7 Å². The van der Waals surface area contributed by atoms with Gasteiger partial charge in [0.05, 0.1) is 11.8 Å². The predicted molar refractivity (Wildman–Crippen MR) is 45.6 cm³/mol. The van der Waals surface area contributed by atoms with Crippen molar-refractivity contribution in [3.63, 3.8) is 0 Å². The molecule has 0 aromatic rings. The summed E-state index contributed by atoms with van der Waals surface area (Å²) in [5, 5.41) is 16.1. The van der Waals surface area contributed by atoms with Crippen molar-refractivity contribution in [2.45, 2.75) is 12.1 Å². The van der Waals surface area contributed by atoms with Gasteiger partial charge in [-0.3, -0.25) is 4.99 Å². The zero-order chi connectivity index (χ0) is 8.97. The predicted octanol–water partition coefficient (Wildman–Crippen LogP) is 0.554. The summed E-state index contributed by atoms with van der Waals surface area (Å²) in [7, 11) is 1.44. The summed E-state index contributed by atoms with van der Waals surface area (Å²) < 4.78 is 4.86. The van der Waals surface area contributed by atoms with Crippen molar-refractivity contribution in [3.05, 3.63) is 12.2 Å². The minimum Gasteiger partial charge on any atom is -0.364 e. The summed E-state index contributed by atoms with van der Waals surface area (Å²) in [5.41, 5.74) is 0.311. The van der Waals surface area contributed by atoms with Crippen LogP contribution < -0.4 is 0 Å². The van der Waals surface area contributed by atoms with Crippen molar-refractivity contribution in [2.75, 3.05) is 7.11 Å². The Morgan fingerprint density at radius 3 is 3.08 bits per heavy atom. The van der Waals surface area contributed by atoms with Gasteiger partial charge in [-0.2, -0.15) is 5.26 Å². The number of ether oxygens (including phenoxy) is 1. The van der Waals surface area contributed by atoms with Gasteiger partial charge in [0.2, 0.25) is 0 Å². The fourth-order valence-electron chi connectivity index (χ4n) is 0.961. The van der Waals surface area contributed by atoms with Crippen LogP contribution in [-0.2, 0) is 4.74 Å². The van der Waals surface area contributed by atoms with Crippen LogP contribution in [0.4, 0.5) is 0 Å². The first kappa shape index (κ1) is 8.62. The van der Waals surface area contributed by atoms with Crippen molar-refractivity contribution in [3.8, 4) is 6.07 Å². The third-order valence-corrected chi connectivity index (χ3v) is 1.60. The highest BCUT2D eigenvalue weighted by molar-refractivity contribution is 6.03. The summed E-state index contributed by atoms with van der Waals surface area (Å²) in [4.78, 5) is 3.97. The number of hydrogen-bond donors (Lipinski definition) is 1. The molecule has 4 nitrogen and oxygen atoms in total. The van der Waals surface area contributed by atoms with E-state index in [0.717, 1.165) is 0 Å². The van der Waals surface area contributed by atoms with E-state index < -0.39 is 12.1 Å². The lowest BCUT2D eigenvalue weighted by Crippen LogP contribution is -2.32. The van der Waals surface area contributed by atoms with Crippen LogP contribution >= 0.6 is 0 Å². The highest BCUT2D eigenvalue weighted by Crippen LogP contribution is 2.07. The second-order valence-corrected chi connectivity index (χ2v) is 2.34. The number of allylic oxidation sites excluding steroid dienone is 1. The largest absolute Gasteiger partial charge is 0.364 e. The van der Waals surface area contributed by atoms with E-state index in [1.54, 1.807) is 18.4 Å². The summed E-state index contributed by atoms with van der Waals surface area (Å²) in [5.74, 6) is 0. The molecule has 0 fully saturated rings. The summed E-state index contributed by atoms with van der Waals surface area (Å²) in [6, 6.07) is 1.47. The molecule has 0 bridgehead atoms. The number of aliphatic imine (C=N–C) groups is 1. The molecule has 2 atom stereocenters. The van der Waals surface area contributed by atoms with E-state index in [-0.39, 0.29) is 0 Å². The molecule has 1 aliphatic rings. The van der Waals surface area contributed by atoms with E-state index in [1.165, 1.54) is 7.11 Å². The molecule has 0 amide bonds. The normalized spacial score (nSPS) is 23.7. The van der Waals surface area contributed by atoms with Crippen LogP contribution in [-0.4, -0.2) is 31.2 Å². The van der Waals surface area contributed by atoms with E-state index in [1.807, 2.05) is 6.07 Å². The van der Waals surface area contributed by atoms with Gasteiger partial charge in [-0.25, -0.2) is 0 Å². The van der Waals surface area contributed by atoms with E-state index in [2.05, 4.69) is 4.99 Å². The zero-order valence-electron chi connectivity index (χ0n) is 6.69. The molecule has 0 radical (unpaired) electrons. The first-order chi connectivity index (χ1) is 5.79. The van der Waals surface area contributed by atoms with Crippen LogP contribution in [0.2, 0.25) is 0 Å². The average Bonchev–Trinajstić information content (AvgIpc) is 2.10. The summed E-state index contributed by atoms with van der Waals surface area (Å²) in [6.45, 7) is 0. The molecule has 0 aromatic heterocycles. The van der Waals surface area contributed by atoms with Crippen molar-refractivity contribution < 1.29 is 4.74 Å². The minimum absolute atomic E-state index is 0.311. The highest BCUT2D eigenvalue weighted by atomic mass is 16.5. The average molecular weight is 163 g/mol. The molecule has 1 aliphatic heterocycles. The fraction of sp³-hybridized carbons (Fsp3) is 0.375. The number of methoxy groups -OCH3 is 1. The van der Waals surface area contributed by atoms with E-state index in [4.69, 9.17) is 15.4 Å². The molecule has 62 valence electrons. The van der Waals surface area contributed by atoms with Gasteiger partial charge in [0.1, 0.15) is 6.04 Å². The maximum atomic E-state index is 8.63. The molecule has 1 heterocycles. The highest BCUT2D eigenvalue weighted by Gasteiger charge is 2.23. The number of rotatable bonds is 2. The zero-order valence-corrected chi connectivity index (χ0v) is 6.69. The number of nitrogens with one attached hydrogen (secondary N) is 1. The van der Waals surface area contributed by atoms with Crippen LogP contribution in [0.5, 0.6) is 0 Å². The Morgan fingerprint density at radius 1 is 1.83 bits per heavy atom. The standard InChI is InChI=1S/C8H9N3O/c1-12-7(5-9)8-6(10)3-2-4-11-8/h2-4,7-8,10H,1H3. The molecule has 0 spiro atoms. The van der Waals surface area contributed by atoms with Crippen molar-refractivity contribution in [1.82, 2.24) is 0 Å². The summed E-state index contributed by atoms with van der Waals surface area (Å²) in [6.07, 6.45) is 4.20. The molecule has 0 saturated heterocycles. The Morgan fingerprint density at radius 2 is 2.58 bits per heavy atom. The van der Waals surface area contributed by atoms with Crippen LogP contribution in [0.25, 0.3) is 0 Å². The van der Waals surface area contributed by atoms with Gasteiger partial charge in [0.15, 0.2) is 6.10 Å². The third kappa shape index (κ3) is 1.57. The second-order valence-electron chi connectivity index (χ2n) is 2.34. The van der Waals surface area contributed by atoms with Crippen LogP contribution in [0.15, 0.2) is 17.1 Å². The Labute approximate surface area is 70.7 Å². The number of hydrogen-bond acceptors (Lipinski definition) is 4. The van der Waals surface area contributed by atoms with Gasteiger partial charge >= 0.3 is 0 Å². The number of nitrogens with zero attached hydrogens (tertiary/aromatic N) is 2. The first-order valence-electron chi connectivity index (χ1n) is 3.50. The Bertz CT molecular complexity index is 275.